The second kappa shape index (κ2) is 5.94. The quantitative estimate of drug-likeness (QED) is 0.835. The number of halogens is 2. The lowest BCUT2D eigenvalue weighted by Crippen LogP contribution is -2.34. The zero-order valence-corrected chi connectivity index (χ0v) is 10.6. The third-order valence-corrected chi connectivity index (χ3v) is 3.76. The van der Waals surface area contributed by atoms with E-state index in [1.54, 1.807) is 0 Å². The maximum Gasteiger partial charge on any atom is 0.244 e. The van der Waals surface area contributed by atoms with Gasteiger partial charge in [-0.3, -0.25) is 0 Å². The van der Waals surface area contributed by atoms with E-state index in [0.717, 1.165) is 12.1 Å². The van der Waals surface area contributed by atoms with Crippen molar-refractivity contribution >= 4 is 10.0 Å². The van der Waals surface area contributed by atoms with Crippen molar-refractivity contribution in [1.29, 1.82) is 0 Å². The van der Waals surface area contributed by atoms with Gasteiger partial charge in [0, 0.05) is 6.07 Å². The maximum atomic E-state index is 13.4. The summed E-state index contributed by atoms with van der Waals surface area (Å²) in [6.45, 7) is 1.84. The van der Waals surface area contributed by atoms with E-state index in [4.69, 9.17) is 6.42 Å². The Labute approximate surface area is 105 Å². The van der Waals surface area contributed by atoms with Crippen molar-refractivity contribution in [1.82, 2.24) is 4.72 Å². The van der Waals surface area contributed by atoms with Gasteiger partial charge in [-0.1, -0.05) is 19.3 Å². The molecule has 0 radical (unpaired) electrons. The monoisotopic (exact) mass is 273 g/mol. The van der Waals surface area contributed by atoms with Crippen molar-refractivity contribution in [2.24, 2.45) is 0 Å². The molecule has 0 amide bonds. The van der Waals surface area contributed by atoms with E-state index in [1.165, 1.54) is 0 Å². The van der Waals surface area contributed by atoms with Gasteiger partial charge < -0.3 is 0 Å². The molecular weight excluding hydrogens is 260 g/mol. The Morgan fingerprint density at radius 1 is 1.44 bits per heavy atom. The summed E-state index contributed by atoms with van der Waals surface area (Å²) in [5.74, 6) is 0.290. The van der Waals surface area contributed by atoms with Crippen LogP contribution in [0.15, 0.2) is 23.1 Å². The summed E-state index contributed by atoms with van der Waals surface area (Å²) in [6, 6.07) is 1.55. The molecule has 0 aliphatic rings. The van der Waals surface area contributed by atoms with Crippen LogP contribution in [0.2, 0.25) is 0 Å². The van der Waals surface area contributed by atoms with Gasteiger partial charge in [-0.2, -0.15) is 4.72 Å². The number of nitrogens with one attached hydrogen (secondary N) is 1. The minimum atomic E-state index is -4.08. The molecule has 1 N–H and O–H groups in total. The minimum absolute atomic E-state index is 0.443. The average molecular weight is 273 g/mol. The van der Waals surface area contributed by atoms with Crippen molar-refractivity contribution in [3.8, 4) is 12.3 Å². The van der Waals surface area contributed by atoms with Gasteiger partial charge in [0.25, 0.3) is 0 Å². The van der Waals surface area contributed by atoms with Crippen molar-refractivity contribution in [3.63, 3.8) is 0 Å². The van der Waals surface area contributed by atoms with E-state index in [0.29, 0.717) is 18.9 Å². The number of rotatable bonds is 5. The fourth-order valence-corrected chi connectivity index (χ4v) is 2.66. The zero-order valence-electron chi connectivity index (χ0n) is 9.78. The molecule has 3 nitrogen and oxygen atoms in total. The number of benzene rings is 1. The van der Waals surface area contributed by atoms with Crippen LogP contribution in [0, 0.1) is 24.0 Å². The summed E-state index contributed by atoms with van der Waals surface area (Å²) >= 11 is 0. The first kappa shape index (κ1) is 14.6. The van der Waals surface area contributed by atoms with Crippen LogP contribution in [0.25, 0.3) is 0 Å². The van der Waals surface area contributed by atoms with Crippen LogP contribution in [-0.2, 0) is 10.0 Å². The lowest BCUT2D eigenvalue weighted by molar-refractivity contribution is 0.536. The van der Waals surface area contributed by atoms with Crippen molar-refractivity contribution < 1.29 is 17.2 Å². The zero-order chi connectivity index (χ0) is 13.8. The molecule has 0 saturated carbocycles. The molecule has 0 aliphatic heterocycles. The molecule has 98 valence electrons. The maximum absolute atomic E-state index is 13.4. The van der Waals surface area contributed by atoms with Gasteiger partial charge in [0.05, 0.1) is 6.04 Å². The van der Waals surface area contributed by atoms with Crippen molar-refractivity contribution in [3.05, 3.63) is 29.8 Å². The van der Waals surface area contributed by atoms with E-state index < -0.39 is 32.6 Å². The van der Waals surface area contributed by atoms with Gasteiger partial charge in [-0.05, 0) is 18.6 Å². The van der Waals surface area contributed by atoms with Crippen LogP contribution in [0.3, 0.4) is 0 Å². The van der Waals surface area contributed by atoms with Gasteiger partial charge >= 0.3 is 0 Å². The molecule has 1 rings (SSSR count). The molecule has 0 heterocycles. The average Bonchev–Trinajstić information content (AvgIpc) is 2.27. The van der Waals surface area contributed by atoms with Crippen molar-refractivity contribution in [2.75, 3.05) is 0 Å². The fourth-order valence-electron chi connectivity index (χ4n) is 1.41. The summed E-state index contributed by atoms with van der Waals surface area (Å²) in [5.41, 5.74) is 0. The summed E-state index contributed by atoms with van der Waals surface area (Å²) in [5, 5.41) is 0. The van der Waals surface area contributed by atoms with Crippen LogP contribution in [0.5, 0.6) is 0 Å². The molecule has 0 saturated heterocycles. The van der Waals surface area contributed by atoms with E-state index >= 15 is 0 Å². The van der Waals surface area contributed by atoms with Crippen LogP contribution in [0.1, 0.15) is 19.8 Å². The first-order chi connectivity index (χ1) is 8.40. The molecule has 0 bridgehead atoms. The molecule has 1 aromatic rings. The van der Waals surface area contributed by atoms with Gasteiger partial charge in [0.1, 0.15) is 16.5 Å². The third kappa shape index (κ3) is 3.52. The van der Waals surface area contributed by atoms with E-state index in [-0.39, 0.29) is 0 Å². The van der Waals surface area contributed by atoms with Crippen LogP contribution >= 0.6 is 0 Å². The second-order valence-corrected chi connectivity index (χ2v) is 5.39. The Kier molecular flexibility index (Phi) is 4.82. The third-order valence-electron chi connectivity index (χ3n) is 2.26. The number of hydrogen-bond donors (Lipinski definition) is 1. The van der Waals surface area contributed by atoms with Gasteiger partial charge in [0.15, 0.2) is 0 Å². The van der Waals surface area contributed by atoms with Gasteiger partial charge in [0.2, 0.25) is 10.0 Å². The number of hydrogen-bond acceptors (Lipinski definition) is 2. The largest absolute Gasteiger partial charge is 0.244 e. The smallest absolute Gasteiger partial charge is 0.207 e. The first-order valence-corrected chi connectivity index (χ1v) is 6.82. The van der Waals surface area contributed by atoms with E-state index in [1.807, 2.05) is 6.92 Å². The highest BCUT2D eigenvalue weighted by Gasteiger charge is 2.22. The Bertz CT molecular complexity index is 564. The second-order valence-electron chi connectivity index (χ2n) is 3.70. The summed E-state index contributed by atoms with van der Waals surface area (Å²) in [4.78, 5) is -0.611. The van der Waals surface area contributed by atoms with Gasteiger partial charge in [-0.25, -0.2) is 17.2 Å². The minimum Gasteiger partial charge on any atom is -0.207 e. The molecule has 1 unspecified atom stereocenters. The summed E-state index contributed by atoms with van der Waals surface area (Å²) in [7, 11) is -4.08. The number of terminal acetylenes is 1. The molecular formula is C12H13F2NO2S. The Morgan fingerprint density at radius 3 is 2.61 bits per heavy atom. The highest BCUT2D eigenvalue weighted by atomic mass is 32.2. The standard InChI is InChI=1S/C12H13F2NO2S/c1-3-5-10(4-2)15-18(16,17)12-7-6-9(13)8-11(12)14/h2,6-8,10,15H,3,5H2,1H3. The fraction of sp³-hybridized carbons (Fsp3) is 0.333. The molecule has 1 atom stereocenters. The SMILES string of the molecule is C#CC(CCC)NS(=O)(=O)c1ccc(F)cc1F. The van der Waals surface area contributed by atoms with Gasteiger partial charge in [-0.15, -0.1) is 6.42 Å². The van der Waals surface area contributed by atoms with Crippen molar-refractivity contribution in [2.45, 2.75) is 30.7 Å². The summed E-state index contributed by atoms with van der Waals surface area (Å²) in [6.07, 6.45) is 6.30. The van der Waals surface area contributed by atoms with Crippen LogP contribution in [-0.4, -0.2) is 14.5 Å². The lowest BCUT2D eigenvalue weighted by Gasteiger charge is -2.13. The first-order valence-electron chi connectivity index (χ1n) is 5.34. The molecule has 0 aliphatic carbocycles. The summed E-state index contributed by atoms with van der Waals surface area (Å²) < 4.78 is 51.9. The Balaban J connectivity index is 3.03. The molecule has 1 aromatic carbocycles. The highest BCUT2D eigenvalue weighted by molar-refractivity contribution is 7.89. The predicted molar refractivity (Wildman–Crippen MR) is 64.2 cm³/mol. The molecule has 18 heavy (non-hydrogen) atoms. The molecule has 0 aromatic heterocycles. The lowest BCUT2D eigenvalue weighted by atomic mass is 10.2. The van der Waals surface area contributed by atoms with Crippen LogP contribution < -0.4 is 4.72 Å². The topological polar surface area (TPSA) is 46.2 Å². The van der Waals surface area contributed by atoms with E-state index in [9.17, 15) is 17.2 Å². The number of sulfonamides is 1. The van der Waals surface area contributed by atoms with E-state index in [2.05, 4.69) is 10.6 Å². The highest BCUT2D eigenvalue weighted by Crippen LogP contribution is 2.16. The Hall–Kier alpha value is -1.45. The molecule has 0 fully saturated rings. The predicted octanol–water partition coefficient (Wildman–Crippen LogP) is 2.04. The van der Waals surface area contributed by atoms with Crippen LogP contribution in [0.4, 0.5) is 8.78 Å². The molecule has 0 spiro atoms. The Morgan fingerprint density at radius 2 is 2.11 bits per heavy atom. The molecule has 6 heteroatoms. The normalized spacial score (nSPS) is 13.0.